The van der Waals surface area contributed by atoms with E-state index < -0.39 is 11.9 Å². The molecule has 1 aromatic rings. The van der Waals surface area contributed by atoms with Crippen LogP contribution in [0.1, 0.15) is 34.6 Å². The molecule has 7 nitrogen and oxygen atoms in total. The molecule has 4 N–H and O–H groups in total. The Morgan fingerprint density at radius 3 is 2.65 bits per heavy atom. The maximum Gasteiger partial charge on any atom is 0.274 e. The molecule has 0 fully saturated rings. The highest BCUT2D eigenvalue weighted by Crippen LogP contribution is 2.22. The molecule has 2 rings (SSSR count). The molecule has 0 bridgehead atoms. The predicted octanol–water partition coefficient (Wildman–Crippen LogP) is 0.512. The van der Waals surface area contributed by atoms with E-state index in [1.54, 1.807) is 0 Å². The van der Waals surface area contributed by atoms with Crippen molar-refractivity contribution in [2.45, 2.75) is 19.9 Å². The molecular weight excluding hydrogens is 262 g/mol. The van der Waals surface area contributed by atoms with Crippen LogP contribution in [-0.2, 0) is 4.79 Å². The highest BCUT2D eigenvalue weighted by atomic mass is 16.5. The number of rotatable bonds is 2. The van der Waals surface area contributed by atoms with Crippen LogP contribution in [0.3, 0.4) is 0 Å². The van der Waals surface area contributed by atoms with E-state index in [4.69, 9.17) is 5.21 Å². The molecule has 106 valence electrons. The van der Waals surface area contributed by atoms with Crippen LogP contribution in [0, 0.1) is 5.92 Å². The van der Waals surface area contributed by atoms with Crippen LogP contribution in [0.15, 0.2) is 18.2 Å². The topological polar surface area (TPSA) is 108 Å². The molecule has 0 saturated heterocycles. The van der Waals surface area contributed by atoms with Gasteiger partial charge in [-0.05, 0) is 24.1 Å². The minimum Gasteiger partial charge on any atom is -0.340 e. The summed E-state index contributed by atoms with van der Waals surface area (Å²) in [6, 6.07) is 3.54. The molecule has 1 atom stereocenters. The van der Waals surface area contributed by atoms with Gasteiger partial charge in [0.25, 0.3) is 11.8 Å². The van der Waals surface area contributed by atoms with E-state index in [-0.39, 0.29) is 34.5 Å². The lowest BCUT2D eigenvalue weighted by Crippen LogP contribution is -2.44. The van der Waals surface area contributed by atoms with Gasteiger partial charge in [0.2, 0.25) is 5.91 Å². The molecule has 1 aromatic carbocycles. The number of hydrogen-bond acceptors (Lipinski definition) is 4. The van der Waals surface area contributed by atoms with E-state index in [0.717, 1.165) is 0 Å². The van der Waals surface area contributed by atoms with E-state index in [9.17, 15) is 14.4 Å². The quantitative estimate of drug-likeness (QED) is 0.466. The summed E-state index contributed by atoms with van der Waals surface area (Å²) >= 11 is 0. The van der Waals surface area contributed by atoms with Gasteiger partial charge >= 0.3 is 0 Å². The molecule has 0 aromatic heterocycles. The first-order valence-corrected chi connectivity index (χ1v) is 6.14. The Bertz CT molecular complexity index is 583. The smallest absolute Gasteiger partial charge is 0.274 e. The van der Waals surface area contributed by atoms with Crippen molar-refractivity contribution in [3.8, 4) is 0 Å². The minimum absolute atomic E-state index is 0.0616. The first kappa shape index (κ1) is 14.0. The zero-order valence-electron chi connectivity index (χ0n) is 11.1. The number of benzene rings is 1. The summed E-state index contributed by atoms with van der Waals surface area (Å²) in [7, 11) is 0. The van der Waals surface area contributed by atoms with E-state index in [1.807, 2.05) is 13.8 Å². The normalized spacial score (nSPS) is 17.9. The van der Waals surface area contributed by atoms with Gasteiger partial charge in [0.1, 0.15) is 6.04 Å². The van der Waals surface area contributed by atoms with E-state index in [0.29, 0.717) is 0 Å². The third-order valence-corrected chi connectivity index (χ3v) is 3.12. The standard InChI is InChI=1S/C13H15N3O4/c1-6(2)10-13(19)14-9-5-7(11(17)16-20)3-4-8(9)12(18)15-10/h3-6,10,20H,1-2H3,(H,14,19)(H,15,18)(H,16,17)/t10-/m0/s1. The Morgan fingerprint density at radius 1 is 1.35 bits per heavy atom. The average Bonchev–Trinajstić information content (AvgIpc) is 2.54. The highest BCUT2D eigenvalue weighted by Gasteiger charge is 2.30. The summed E-state index contributed by atoms with van der Waals surface area (Å²) in [6.07, 6.45) is 0. The molecular formula is C13H15N3O4. The van der Waals surface area contributed by atoms with Gasteiger partial charge in [0.15, 0.2) is 0 Å². The van der Waals surface area contributed by atoms with Gasteiger partial charge in [-0.2, -0.15) is 0 Å². The van der Waals surface area contributed by atoms with Crippen LogP contribution in [0.4, 0.5) is 5.69 Å². The minimum atomic E-state index is -0.716. The third-order valence-electron chi connectivity index (χ3n) is 3.12. The lowest BCUT2D eigenvalue weighted by Gasteiger charge is -2.17. The van der Waals surface area contributed by atoms with E-state index in [1.165, 1.54) is 23.7 Å². The first-order chi connectivity index (χ1) is 9.43. The number of hydrogen-bond donors (Lipinski definition) is 4. The monoisotopic (exact) mass is 277 g/mol. The highest BCUT2D eigenvalue weighted by molar-refractivity contribution is 6.11. The molecule has 0 aliphatic carbocycles. The maximum absolute atomic E-state index is 12.1. The van der Waals surface area contributed by atoms with Crippen molar-refractivity contribution < 1.29 is 19.6 Å². The van der Waals surface area contributed by atoms with Gasteiger partial charge in [-0.3, -0.25) is 19.6 Å². The van der Waals surface area contributed by atoms with Crippen molar-refractivity contribution in [1.82, 2.24) is 10.8 Å². The average molecular weight is 277 g/mol. The van der Waals surface area contributed by atoms with Crippen molar-refractivity contribution in [1.29, 1.82) is 0 Å². The number of anilines is 1. The SMILES string of the molecule is CC(C)[C@@H]1NC(=O)c2ccc(C(=O)NO)cc2NC1=O. The van der Waals surface area contributed by atoms with Crippen LogP contribution in [0.5, 0.6) is 0 Å². The Balaban J connectivity index is 2.42. The van der Waals surface area contributed by atoms with E-state index >= 15 is 0 Å². The first-order valence-electron chi connectivity index (χ1n) is 6.14. The molecule has 0 unspecified atom stereocenters. The zero-order chi connectivity index (χ0) is 14.9. The zero-order valence-corrected chi connectivity index (χ0v) is 11.1. The molecule has 20 heavy (non-hydrogen) atoms. The van der Waals surface area contributed by atoms with Crippen molar-refractivity contribution in [2.75, 3.05) is 5.32 Å². The molecule has 7 heteroatoms. The number of nitrogens with one attached hydrogen (secondary N) is 3. The lowest BCUT2D eigenvalue weighted by atomic mass is 10.0. The second-order valence-electron chi connectivity index (χ2n) is 4.89. The Labute approximate surface area is 115 Å². The van der Waals surface area contributed by atoms with Gasteiger partial charge in [0.05, 0.1) is 11.3 Å². The van der Waals surface area contributed by atoms with Gasteiger partial charge in [0, 0.05) is 5.56 Å². The number of carbonyl (C=O) groups is 3. The molecule has 0 saturated carbocycles. The maximum atomic E-state index is 12.1. The van der Waals surface area contributed by atoms with Crippen LogP contribution in [-0.4, -0.2) is 29.0 Å². The Kier molecular flexibility index (Phi) is 3.71. The molecule has 1 heterocycles. The van der Waals surface area contributed by atoms with Crippen LogP contribution < -0.4 is 16.1 Å². The number of hydroxylamine groups is 1. The molecule has 3 amide bonds. The predicted molar refractivity (Wildman–Crippen MR) is 70.4 cm³/mol. The summed E-state index contributed by atoms with van der Waals surface area (Å²) in [4.78, 5) is 35.4. The lowest BCUT2D eigenvalue weighted by molar-refractivity contribution is -0.118. The number of carbonyl (C=O) groups excluding carboxylic acids is 3. The van der Waals surface area contributed by atoms with Crippen LogP contribution in [0.25, 0.3) is 0 Å². The Hall–Kier alpha value is -2.41. The molecule has 1 aliphatic heterocycles. The van der Waals surface area contributed by atoms with Gasteiger partial charge < -0.3 is 10.6 Å². The number of fused-ring (bicyclic) bond motifs is 1. The largest absolute Gasteiger partial charge is 0.340 e. The van der Waals surface area contributed by atoms with E-state index in [2.05, 4.69) is 10.6 Å². The van der Waals surface area contributed by atoms with Crippen molar-refractivity contribution in [2.24, 2.45) is 5.92 Å². The van der Waals surface area contributed by atoms with Gasteiger partial charge in [-0.25, -0.2) is 5.48 Å². The summed E-state index contributed by atoms with van der Waals surface area (Å²) < 4.78 is 0. The van der Waals surface area contributed by atoms with Gasteiger partial charge in [-0.1, -0.05) is 13.8 Å². The van der Waals surface area contributed by atoms with Crippen molar-refractivity contribution in [3.63, 3.8) is 0 Å². The Morgan fingerprint density at radius 2 is 2.05 bits per heavy atom. The second-order valence-corrected chi connectivity index (χ2v) is 4.89. The second kappa shape index (κ2) is 5.30. The van der Waals surface area contributed by atoms with Gasteiger partial charge in [-0.15, -0.1) is 0 Å². The van der Waals surface area contributed by atoms with Crippen molar-refractivity contribution >= 4 is 23.4 Å². The summed E-state index contributed by atoms with van der Waals surface area (Å²) in [6.45, 7) is 3.65. The van der Waals surface area contributed by atoms with Crippen LogP contribution in [0.2, 0.25) is 0 Å². The summed E-state index contributed by atoms with van der Waals surface area (Å²) in [5.41, 5.74) is 2.16. The number of amides is 3. The summed E-state index contributed by atoms with van der Waals surface area (Å²) in [5, 5.41) is 13.9. The molecule has 0 spiro atoms. The fraction of sp³-hybridized carbons (Fsp3) is 0.308. The van der Waals surface area contributed by atoms with Crippen molar-refractivity contribution in [3.05, 3.63) is 29.3 Å². The third kappa shape index (κ3) is 2.48. The van der Waals surface area contributed by atoms with Crippen LogP contribution >= 0.6 is 0 Å². The fourth-order valence-electron chi connectivity index (χ4n) is 2.02. The molecule has 1 aliphatic rings. The molecule has 0 radical (unpaired) electrons. The fourth-order valence-corrected chi connectivity index (χ4v) is 2.02. The summed E-state index contributed by atoms with van der Waals surface area (Å²) in [5.74, 6) is -1.50.